The van der Waals surface area contributed by atoms with Crippen LogP contribution in [0.2, 0.25) is 0 Å². The van der Waals surface area contributed by atoms with Crippen LogP contribution in [0.3, 0.4) is 0 Å². The second kappa shape index (κ2) is 5.38. The van der Waals surface area contributed by atoms with Gasteiger partial charge in [-0.25, -0.2) is 0 Å². The van der Waals surface area contributed by atoms with Crippen molar-refractivity contribution in [2.45, 2.75) is 25.9 Å². The molecule has 0 aromatic rings. The summed E-state index contributed by atoms with van der Waals surface area (Å²) in [4.78, 5) is 11.4. The largest absolute Gasteiger partial charge is 0.369 e. The lowest BCUT2D eigenvalue weighted by molar-refractivity contribution is -0.141. The molecule has 12 heavy (non-hydrogen) atoms. The van der Waals surface area contributed by atoms with Crippen molar-refractivity contribution in [2.75, 3.05) is 19.5 Å². The number of hydrogen-bond acceptors (Lipinski definition) is 2. The molecule has 0 saturated carbocycles. The van der Waals surface area contributed by atoms with Crippen LogP contribution in [0, 0.1) is 0 Å². The average Bonchev–Trinajstić information content (AvgIpc) is 2.12. The van der Waals surface area contributed by atoms with Crippen molar-refractivity contribution in [2.24, 2.45) is 0 Å². The molecule has 0 saturated heterocycles. The van der Waals surface area contributed by atoms with Crippen LogP contribution in [0.15, 0.2) is 0 Å². The Morgan fingerprint density at radius 1 is 1.67 bits per heavy atom. The molecule has 0 spiro atoms. The molecule has 4 heteroatoms. The zero-order chi connectivity index (χ0) is 9.61. The molecule has 0 fully saturated rings. The molecule has 72 valence electrons. The van der Waals surface area contributed by atoms with Crippen LogP contribution < -0.4 is 5.32 Å². The summed E-state index contributed by atoms with van der Waals surface area (Å²) < 4.78 is 5.09. The number of nitrogens with one attached hydrogen (secondary N) is 1. The average molecular weight is 194 g/mol. The maximum absolute atomic E-state index is 11.4. The Labute approximate surface area is 78.4 Å². The molecule has 3 nitrogen and oxygen atoms in total. The van der Waals surface area contributed by atoms with E-state index in [1.165, 1.54) is 7.11 Å². The number of rotatable bonds is 5. The van der Waals surface area contributed by atoms with E-state index in [0.717, 1.165) is 0 Å². The predicted molar refractivity (Wildman–Crippen MR) is 49.4 cm³/mol. The zero-order valence-electron chi connectivity index (χ0n) is 7.82. The van der Waals surface area contributed by atoms with Crippen molar-refractivity contribution >= 4 is 17.5 Å². The number of amides is 1. The molecule has 1 amide bonds. The molecule has 0 aliphatic carbocycles. The molecule has 0 bridgehead atoms. The first-order chi connectivity index (χ1) is 5.60. The molecular formula is C8H16ClNO2. The van der Waals surface area contributed by atoms with Crippen LogP contribution >= 0.6 is 11.6 Å². The number of ether oxygens (including phenoxy) is 1. The molecule has 0 aliphatic heterocycles. The van der Waals surface area contributed by atoms with Gasteiger partial charge in [0.05, 0.1) is 0 Å². The van der Waals surface area contributed by atoms with E-state index in [2.05, 4.69) is 5.32 Å². The number of carbonyl (C=O) groups excluding carboxylic acids is 1. The zero-order valence-corrected chi connectivity index (χ0v) is 8.57. The van der Waals surface area contributed by atoms with Gasteiger partial charge in [-0.15, -0.1) is 11.6 Å². The lowest BCUT2D eigenvalue weighted by Crippen LogP contribution is -2.46. The Bertz CT molecular complexity index is 146. The van der Waals surface area contributed by atoms with Gasteiger partial charge in [0.15, 0.2) is 0 Å². The quantitative estimate of drug-likeness (QED) is 0.666. The van der Waals surface area contributed by atoms with E-state index in [-0.39, 0.29) is 5.91 Å². The highest BCUT2D eigenvalue weighted by Gasteiger charge is 2.30. The van der Waals surface area contributed by atoms with Gasteiger partial charge in [0, 0.05) is 19.5 Å². The summed E-state index contributed by atoms with van der Waals surface area (Å²) in [7, 11) is 1.53. The SMILES string of the molecule is CCC(C)(OC)C(=O)NCCCl. The van der Waals surface area contributed by atoms with Gasteiger partial charge in [-0.1, -0.05) is 6.92 Å². The van der Waals surface area contributed by atoms with Gasteiger partial charge >= 0.3 is 0 Å². The molecule has 0 radical (unpaired) electrons. The van der Waals surface area contributed by atoms with Crippen LogP contribution in [0.5, 0.6) is 0 Å². The topological polar surface area (TPSA) is 38.3 Å². The maximum atomic E-state index is 11.4. The van der Waals surface area contributed by atoms with E-state index < -0.39 is 5.60 Å². The van der Waals surface area contributed by atoms with Crippen molar-refractivity contribution in [3.63, 3.8) is 0 Å². The first-order valence-electron chi connectivity index (χ1n) is 4.00. The summed E-state index contributed by atoms with van der Waals surface area (Å²) in [6, 6.07) is 0. The minimum absolute atomic E-state index is 0.104. The highest BCUT2D eigenvalue weighted by Crippen LogP contribution is 2.13. The third-order valence-electron chi connectivity index (χ3n) is 1.99. The second-order valence-corrected chi connectivity index (χ2v) is 3.11. The van der Waals surface area contributed by atoms with Gasteiger partial charge in [-0.2, -0.15) is 0 Å². The Balaban J connectivity index is 4.03. The van der Waals surface area contributed by atoms with Crippen molar-refractivity contribution in [3.05, 3.63) is 0 Å². The van der Waals surface area contributed by atoms with Gasteiger partial charge in [0.1, 0.15) is 5.60 Å². The number of alkyl halides is 1. The molecule has 1 unspecified atom stereocenters. The van der Waals surface area contributed by atoms with Crippen LogP contribution in [-0.2, 0) is 9.53 Å². The monoisotopic (exact) mass is 193 g/mol. The molecule has 0 heterocycles. The van der Waals surface area contributed by atoms with Crippen molar-refractivity contribution in [3.8, 4) is 0 Å². The minimum atomic E-state index is -0.716. The summed E-state index contributed by atoms with van der Waals surface area (Å²) >= 11 is 5.43. The maximum Gasteiger partial charge on any atom is 0.251 e. The molecule has 1 atom stereocenters. The smallest absolute Gasteiger partial charge is 0.251 e. The number of halogens is 1. The van der Waals surface area contributed by atoms with Gasteiger partial charge in [0.25, 0.3) is 5.91 Å². The highest BCUT2D eigenvalue weighted by molar-refractivity contribution is 6.18. The highest BCUT2D eigenvalue weighted by atomic mass is 35.5. The number of methoxy groups -OCH3 is 1. The van der Waals surface area contributed by atoms with Gasteiger partial charge in [-0.05, 0) is 13.3 Å². The third-order valence-corrected chi connectivity index (χ3v) is 2.17. The second-order valence-electron chi connectivity index (χ2n) is 2.73. The molecule has 0 aliphatic rings. The molecular weight excluding hydrogens is 178 g/mol. The van der Waals surface area contributed by atoms with Crippen molar-refractivity contribution < 1.29 is 9.53 Å². The lowest BCUT2D eigenvalue weighted by atomic mass is 10.0. The van der Waals surface area contributed by atoms with E-state index in [1.54, 1.807) is 6.92 Å². The first kappa shape index (κ1) is 11.7. The number of hydrogen-bond donors (Lipinski definition) is 1. The normalized spacial score (nSPS) is 15.3. The Hall–Kier alpha value is -0.280. The van der Waals surface area contributed by atoms with Gasteiger partial charge in [0.2, 0.25) is 0 Å². The van der Waals surface area contributed by atoms with Gasteiger partial charge < -0.3 is 10.1 Å². The molecule has 0 aromatic carbocycles. The van der Waals surface area contributed by atoms with E-state index in [9.17, 15) is 4.79 Å². The first-order valence-corrected chi connectivity index (χ1v) is 4.53. The fraction of sp³-hybridized carbons (Fsp3) is 0.875. The van der Waals surface area contributed by atoms with Crippen molar-refractivity contribution in [1.82, 2.24) is 5.32 Å². The summed E-state index contributed by atoms with van der Waals surface area (Å²) in [5.74, 6) is 0.322. The summed E-state index contributed by atoms with van der Waals surface area (Å²) in [5, 5.41) is 2.68. The summed E-state index contributed by atoms with van der Waals surface area (Å²) in [5.41, 5.74) is -0.716. The Kier molecular flexibility index (Phi) is 5.25. The van der Waals surface area contributed by atoms with Crippen molar-refractivity contribution in [1.29, 1.82) is 0 Å². The van der Waals surface area contributed by atoms with E-state index in [1.807, 2.05) is 6.92 Å². The Morgan fingerprint density at radius 3 is 2.58 bits per heavy atom. The predicted octanol–water partition coefficient (Wildman–Crippen LogP) is 1.16. The van der Waals surface area contributed by atoms with Gasteiger partial charge in [-0.3, -0.25) is 4.79 Å². The minimum Gasteiger partial charge on any atom is -0.369 e. The van der Waals surface area contributed by atoms with Crippen LogP contribution in [0.25, 0.3) is 0 Å². The standard InChI is InChI=1S/C8H16ClNO2/c1-4-8(2,12-3)7(11)10-6-5-9/h4-6H2,1-3H3,(H,10,11). The summed E-state index contributed by atoms with van der Waals surface area (Å²) in [6.07, 6.45) is 0.650. The van der Waals surface area contributed by atoms with Crippen LogP contribution in [0.4, 0.5) is 0 Å². The number of carbonyl (C=O) groups is 1. The van der Waals surface area contributed by atoms with E-state index in [4.69, 9.17) is 16.3 Å². The molecule has 0 aromatic heterocycles. The van der Waals surface area contributed by atoms with E-state index >= 15 is 0 Å². The Morgan fingerprint density at radius 2 is 2.25 bits per heavy atom. The summed E-state index contributed by atoms with van der Waals surface area (Å²) in [6.45, 7) is 4.15. The van der Waals surface area contributed by atoms with Crippen LogP contribution in [0.1, 0.15) is 20.3 Å². The fourth-order valence-corrected chi connectivity index (χ4v) is 0.840. The van der Waals surface area contributed by atoms with E-state index in [0.29, 0.717) is 18.8 Å². The lowest BCUT2D eigenvalue weighted by Gasteiger charge is -2.24. The van der Waals surface area contributed by atoms with Crippen LogP contribution in [-0.4, -0.2) is 31.0 Å². The fourth-order valence-electron chi connectivity index (χ4n) is 0.745. The third kappa shape index (κ3) is 2.99. The molecule has 1 N–H and O–H groups in total. The molecule has 0 rings (SSSR count).